The van der Waals surface area contributed by atoms with E-state index in [2.05, 4.69) is 20.8 Å². The molecule has 1 fully saturated rings. The van der Waals surface area contributed by atoms with E-state index in [-0.39, 0.29) is 28.3 Å². The van der Waals surface area contributed by atoms with Crippen molar-refractivity contribution in [2.45, 2.75) is 77.3 Å². The van der Waals surface area contributed by atoms with Crippen LogP contribution in [0.4, 0.5) is 0 Å². The van der Waals surface area contributed by atoms with E-state index in [9.17, 15) is 14.2 Å². The molecule has 1 atom stereocenters. The predicted molar refractivity (Wildman–Crippen MR) is 143 cm³/mol. The second-order valence-electron chi connectivity index (χ2n) is 10.7. The monoisotopic (exact) mass is 513 g/mol. The summed E-state index contributed by atoms with van der Waals surface area (Å²) < 4.78 is 30.6. The quantitative estimate of drug-likeness (QED) is 0.275. The molecule has 0 saturated heterocycles. The van der Waals surface area contributed by atoms with Gasteiger partial charge in [-0.3, -0.25) is 4.79 Å². The van der Waals surface area contributed by atoms with Gasteiger partial charge in [0.15, 0.2) is 0 Å². The van der Waals surface area contributed by atoms with Crippen LogP contribution in [0.25, 0.3) is 0 Å². The van der Waals surface area contributed by atoms with Gasteiger partial charge in [-0.15, -0.1) is 0 Å². The van der Waals surface area contributed by atoms with Gasteiger partial charge in [0.25, 0.3) is 0 Å². The van der Waals surface area contributed by atoms with E-state index in [0.717, 1.165) is 36.0 Å². The minimum absolute atomic E-state index is 0.0820. The Bertz CT molecular complexity index is 1140. The zero-order valence-electron chi connectivity index (χ0n) is 22.7. The van der Waals surface area contributed by atoms with Crippen LogP contribution in [0, 0.1) is 13.8 Å². The Morgan fingerprint density at radius 3 is 1.72 bits per heavy atom. The van der Waals surface area contributed by atoms with Crippen LogP contribution in [0.2, 0.25) is 0 Å². The summed E-state index contributed by atoms with van der Waals surface area (Å²) in [6.45, 7) is 10.1. The summed E-state index contributed by atoms with van der Waals surface area (Å²) in [6, 6.07) is 7.21. The predicted octanol–water partition coefficient (Wildman–Crippen LogP) is 7.18. The van der Waals surface area contributed by atoms with Gasteiger partial charge in [-0.05, 0) is 48.8 Å². The van der Waals surface area contributed by atoms with E-state index < -0.39 is 18.5 Å². The van der Waals surface area contributed by atoms with Gasteiger partial charge >= 0.3 is 13.3 Å². The molecule has 0 bridgehead atoms. The van der Waals surface area contributed by atoms with E-state index in [1.165, 1.54) is 21.3 Å². The molecule has 7 heteroatoms. The van der Waals surface area contributed by atoms with Crippen LogP contribution in [0.1, 0.15) is 90.3 Å². The maximum Gasteiger partial charge on any atom is 0.434 e. The zero-order chi connectivity index (χ0) is 26.8. The van der Waals surface area contributed by atoms with E-state index in [0.29, 0.717) is 24.2 Å². The van der Waals surface area contributed by atoms with Gasteiger partial charge in [-0.25, -0.2) is 4.79 Å². The summed E-state index contributed by atoms with van der Waals surface area (Å²) in [5.74, 6) is 0.663. The second kappa shape index (κ2) is 10.7. The first-order chi connectivity index (χ1) is 16.9. The van der Waals surface area contributed by atoms with Gasteiger partial charge in [0.1, 0.15) is 22.8 Å². The van der Waals surface area contributed by atoms with Crippen LogP contribution < -0.4 is 14.2 Å². The topological polar surface area (TPSA) is 78.9 Å². The van der Waals surface area contributed by atoms with Gasteiger partial charge in [-0.1, -0.05) is 43.9 Å². The van der Waals surface area contributed by atoms with Crippen LogP contribution in [0.5, 0.6) is 17.2 Å². The van der Waals surface area contributed by atoms with Gasteiger partial charge in [0, 0.05) is 25.0 Å². The Labute approximate surface area is 215 Å². The smallest absolute Gasteiger partial charge is 0.434 e. The maximum absolute atomic E-state index is 14.3. The Morgan fingerprint density at radius 1 is 0.806 bits per heavy atom. The Morgan fingerprint density at radius 2 is 1.31 bits per heavy atom. The first kappa shape index (κ1) is 27.9. The number of Topliss-reactive ketones (excluding diaryl/α,β-unsaturated/α-hetero) is 1. The number of carbonyl (C=O) groups is 2. The third-order valence-corrected chi connectivity index (χ3v) is 9.25. The van der Waals surface area contributed by atoms with Crippen LogP contribution >= 0.6 is 7.80 Å². The highest BCUT2D eigenvalue weighted by molar-refractivity contribution is 7.67. The summed E-state index contributed by atoms with van der Waals surface area (Å²) in [5, 5.41) is -1.32. The number of methoxy groups -OCH3 is 3. The zero-order valence-corrected chi connectivity index (χ0v) is 23.6. The highest BCUT2D eigenvalue weighted by Gasteiger charge is 2.61. The molecule has 0 amide bonds. The van der Waals surface area contributed by atoms with Crippen molar-refractivity contribution >= 4 is 19.1 Å². The molecule has 2 aromatic carbocycles. The lowest BCUT2D eigenvalue weighted by atomic mass is 9.82. The number of benzene rings is 2. The highest BCUT2D eigenvalue weighted by atomic mass is 31.1. The molecule has 0 heterocycles. The van der Waals surface area contributed by atoms with E-state index in [1.54, 1.807) is 12.1 Å². The molecular weight excluding hydrogens is 475 g/mol. The van der Waals surface area contributed by atoms with Crippen molar-refractivity contribution in [2.24, 2.45) is 0 Å². The fourth-order valence-corrected chi connectivity index (χ4v) is 7.11. The van der Waals surface area contributed by atoms with Crippen LogP contribution in [-0.4, -0.2) is 37.8 Å². The Balaban J connectivity index is 2.15. The lowest BCUT2D eigenvalue weighted by molar-refractivity contribution is 0.0897. The highest BCUT2D eigenvalue weighted by Crippen LogP contribution is 2.55. The SMILES string of the molecule is COc1cc(OC)c(C(=O)C2([P+](=O)C(=O)c3c(C)cc(C(C)(C)C)cc3C)CCCCC2)c(OC)c1. The molecule has 2 aromatic rings. The molecule has 1 saturated carbocycles. The Hall–Kier alpha value is -2.72. The number of carbonyl (C=O) groups excluding carboxylic acids is 2. The molecule has 0 spiro atoms. The lowest BCUT2D eigenvalue weighted by Gasteiger charge is -2.28. The van der Waals surface area contributed by atoms with Gasteiger partial charge < -0.3 is 14.2 Å². The fraction of sp³-hybridized carbons (Fsp3) is 0.517. The number of ether oxygens (including phenoxy) is 3. The number of aryl methyl sites for hydroxylation is 2. The van der Waals surface area contributed by atoms with Crippen LogP contribution in [0.3, 0.4) is 0 Å². The second-order valence-corrected chi connectivity index (χ2v) is 12.5. The minimum atomic E-state index is -2.58. The maximum atomic E-state index is 14.3. The standard InChI is InChI=1S/C29H38O6P/c1-18-14-20(28(3,4)5)15-19(2)24(18)27(31)36(32)29(12-10-9-11-13-29)26(30)25-22(34-7)16-21(33-6)17-23(25)35-8/h14-17H,9-13H2,1-8H3/q+1. The van der Waals surface area contributed by atoms with Crippen molar-refractivity contribution in [3.63, 3.8) is 0 Å². The summed E-state index contributed by atoms with van der Waals surface area (Å²) in [6.07, 6.45) is 3.14. The summed E-state index contributed by atoms with van der Waals surface area (Å²) in [5.41, 5.74) is 2.80. The lowest BCUT2D eigenvalue weighted by Crippen LogP contribution is -2.39. The number of rotatable bonds is 8. The van der Waals surface area contributed by atoms with E-state index in [1.807, 2.05) is 26.0 Å². The van der Waals surface area contributed by atoms with Gasteiger partial charge in [-0.2, -0.15) is 0 Å². The normalized spacial score (nSPS) is 15.7. The first-order valence-corrected chi connectivity index (χ1v) is 13.7. The molecule has 1 aliphatic carbocycles. The molecule has 1 unspecified atom stereocenters. The molecule has 6 nitrogen and oxygen atoms in total. The molecule has 0 aromatic heterocycles. The third kappa shape index (κ3) is 5.06. The molecule has 0 radical (unpaired) electrons. The van der Waals surface area contributed by atoms with E-state index >= 15 is 0 Å². The van der Waals surface area contributed by atoms with Crippen LogP contribution in [-0.2, 0) is 9.98 Å². The molecule has 194 valence electrons. The molecule has 3 rings (SSSR count). The molecule has 1 aliphatic rings. The van der Waals surface area contributed by atoms with Gasteiger partial charge in [0.05, 0.1) is 26.9 Å². The number of ketones is 1. The van der Waals surface area contributed by atoms with Gasteiger partial charge in [0.2, 0.25) is 10.9 Å². The van der Waals surface area contributed by atoms with Crippen molar-refractivity contribution in [1.82, 2.24) is 0 Å². The average molecular weight is 514 g/mol. The Kier molecular flexibility index (Phi) is 8.30. The van der Waals surface area contributed by atoms with Crippen molar-refractivity contribution in [2.75, 3.05) is 21.3 Å². The third-order valence-electron chi connectivity index (χ3n) is 7.23. The fourth-order valence-electron chi connectivity index (χ4n) is 5.15. The molecular formula is C29H38O6P+. The average Bonchev–Trinajstić information content (AvgIpc) is 2.86. The molecule has 36 heavy (non-hydrogen) atoms. The van der Waals surface area contributed by atoms with Crippen molar-refractivity contribution in [3.05, 3.63) is 52.1 Å². The van der Waals surface area contributed by atoms with Crippen LogP contribution in [0.15, 0.2) is 24.3 Å². The summed E-state index contributed by atoms with van der Waals surface area (Å²) >= 11 is 0. The molecule has 0 aliphatic heterocycles. The summed E-state index contributed by atoms with van der Waals surface area (Å²) in [4.78, 5) is 28.2. The number of hydrogen-bond acceptors (Lipinski definition) is 6. The largest absolute Gasteiger partial charge is 0.496 e. The minimum Gasteiger partial charge on any atom is -0.496 e. The van der Waals surface area contributed by atoms with Crippen molar-refractivity contribution < 1.29 is 28.4 Å². The van der Waals surface area contributed by atoms with Crippen molar-refractivity contribution in [3.8, 4) is 17.2 Å². The van der Waals surface area contributed by atoms with E-state index in [4.69, 9.17) is 14.2 Å². The van der Waals surface area contributed by atoms with Crippen molar-refractivity contribution in [1.29, 1.82) is 0 Å². The summed E-state index contributed by atoms with van der Waals surface area (Å²) in [7, 11) is 1.87. The number of hydrogen-bond donors (Lipinski definition) is 0. The first-order valence-electron chi connectivity index (χ1n) is 12.4. The molecule has 0 N–H and O–H groups in total.